The Morgan fingerprint density at radius 3 is 2.62 bits per heavy atom. The minimum atomic E-state index is 0.503. The van der Waals surface area contributed by atoms with Crippen LogP contribution >= 0.6 is 0 Å². The number of aromatic nitrogens is 2. The van der Waals surface area contributed by atoms with Crippen molar-refractivity contribution in [1.29, 1.82) is 0 Å². The number of carbonyl (C=O) groups is 1. The molecule has 1 aromatic carbocycles. The lowest BCUT2D eigenvalue weighted by Gasteiger charge is -2.07. The predicted molar refractivity (Wildman–Crippen MR) is 85.0 cm³/mol. The highest BCUT2D eigenvalue weighted by Crippen LogP contribution is 2.18. The van der Waals surface area contributed by atoms with E-state index in [0.29, 0.717) is 11.8 Å². The summed E-state index contributed by atoms with van der Waals surface area (Å²) in [4.78, 5) is 18.8. The fourth-order valence-electron chi connectivity index (χ4n) is 2.14. The Morgan fingerprint density at radius 1 is 1.05 bits per heavy atom. The molecule has 4 N–H and O–H groups in total. The van der Waals surface area contributed by atoms with E-state index in [-0.39, 0.29) is 0 Å². The van der Waals surface area contributed by atoms with Crippen LogP contribution in [0.3, 0.4) is 0 Å². The Labute approximate surface area is 124 Å². The number of nitrogens with one attached hydrogen (secondary N) is 2. The Kier molecular flexibility index (Phi) is 5.75. The number of anilines is 2. The van der Waals surface area contributed by atoms with Gasteiger partial charge in [-0.25, -0.2) is 4.98 Å². The summed E-state index contributed by atoms with van der Waals surface area (Å²) in [5.41, 5.74) is 6.78. The third kappa shape index (κ3) is 4.59. The van der Waals surface area contributed by atoms with Gasteiger partial charge in [-0.3, -0.25) is 4.79 Å². The van der Waals surface area contributed by atoms with Gasteiger partial charge in [-0.1, -0.05) is 25.0 Å². The molecule has 1 amide bonds. The molecular formula is C15H21N5O. The smallest absolute Gasteiger partial charge is 0.225 e. The van der Waals surface area contributed by atoms with E-state index in [9.17, 15) is 4.79 Å². The number of nitrogens with zero attached hydrogens (tertiary/aromatic N) is 2. The molecule has 0 bridgehead atoms. The lowest BCUT2D eigenvalue weighted by Crippen LogP contribution is -2.12. The average molecular weight is 287 g/mol. The fraction of sp³-hybridized carbons (Fsp3) is 0.400. The maximum absolute atomic E-state index is 10.1. The van der Waals surface area contributed by atoms with Crippen molar-refractivity contribution in [2.24, 2.45) is 0 Å². The van der Waals surface area contributed by atoms with Crippen LogP contribution in [0.4, 0.5) is 11.8 Å². The normalized spacial score (nSPS) is 10.5. The molecule has 1 heterocycles. The van der Waals surface area contributed by atoms with Gasteiger partial charge >= 0.3 is 0 Å². The van der Waals surface area contributed by atoms with Crippen molar-refractivity contribution in [3.8, 4) is 0 Å². The molecule has 1 aromatic heterocycles. The quantitative estimate of drug-likeness (QED) is 0.484. The Morgan fingerprint density at radius 2 is 1.81 bits per heavy atom. The van der Waals surface area contributed by atoms with Gasteiger partial charge in [0.2, 0.25) is 12.4 Å². The summed E-state index contributed by atoms with van der Waals surface area (Å²) in [6.07, 6.45) is 5.00. The number of unbranched alkanes of at least 4 members (excludes halogenated alkanes) is 3. The van der Waals surface area contributed by atoms with Crippen LogP contribution < -0.4 is 16.4 Å². The van der Waals surface area contributed by atoms with E-state index in [0.717, 1.165) is 56.1 Å². The van der Waals surface area contributed by atoms with Gasteiger partial charge in [0.1, 0.15) is 5.82 Å². The molecule has 0 aliphatic carbocycles. The SMILES string of the molecule is Nc1nc(NCCCCCCNC=O)nc2ccccc12. The van der Waals surface area contributed by atoms with Crippen LogP contribution in [-0.2, 0) is 4.79 Å². The number of hydrogen-bond donors (Lipinski definition) is 3. The van der Waals surface area contributed by atoms with Gasteiger partial charge in [0.15, 0.2) is 0 Å². The van der Waals surface area contributed by atoms with Crippen molar-refractivity contribution >= 4 is 29.1 Å². The fourth-order valence-corrected chi connectivity index (χ4v) is 2.14. The third-order valence-electron chi connectivity index (χ3n) is 3.25. The molecule has 6 nitrogen and oxygen atoms in total. The number of amides is 1. The zero-order valence-electron chi connectivity index (χ0n) is 12.0. The van der Waals surface area contributed by atoms with Gasteiger partial charge in [0, 0.05) is 18.5 Å². The molecule has 0 saturated carbocycles. The van der Waals surface area contributed by atoms with E-state index in [4.69, 9.17) is 5.73 Å². The van der Waals surface area contributed by atoms with Crippen LogP contribution in [0, 0.1) is 0 Å². The van der Waals surface area contributed by atoms with Gasteiger partial charge in [0.25, 0.3) is 0 Å². The molecule has 0 aliphatic rings. The first-order valence-corrected chi connectivity index (χ1v) is 7.24. The number of fused-ring (bicyclic) bond motifs is 1. The molecule has 112 valence electrons. The molecule has 0 unspecified atom stereocenters. The molecule has 0 fully saturated rings. The highest BCUT2D eigenvalue weighted by atomic mass is 16.1. The second-order valence-electron chi connectivity index (χ2n) is 4.86. The number of carbonyl (C=O) groups excluding carboxylic acids is 1. The predicted octanol–water partition coefficient (Wildman–Crippen LogP) is 1.93. The summed E-state index contributed by atoms with van der Waals surface area (Å²) in [6, 6.07) is 7.71. The highest BCUT2D eigenvalue weighted by Gasteiger charge is 2.03. The largest absolute Gasteiger partial charge is 0.383 e. The first kappa shape index (κ1) is 15.0. The van der Waals surface area contributed by atoms with Crippen molar-refractivity contribution in [1.82, 2.24) is 15.3 Å². The van der Waals surface area contributed by atoms with E-state index >= 15 is 0 Å². The van der Waals surface area contributed by atoms with Gasteiger partial charge in [-0.15, -0.1) is 0 Å². The van der Waals surface area contributed by atoms with Crippen LogP contribution in [0.5, 0.6) is 0 Å². The highest BCUT2D eigenvalue weighted by molar-refractivity contribution is 5.88. The van der Waals surface area contributed by atoms with Gasteiger partial charge in [0.05, 0.1) is 5.52 Å². The van der Waals surface area contributed by atoms with Crippen molar-refractivity contribution in [2.75, 3.05) is 24.1 Å². The zero-order chi connectivity index (χ0) is 14.9. The maximum Gasteiger partial charge on any atom is 0.225 e. The van der Waals surface area contributed by atoms with E-state index in [1.54, 1.807) is 0 Å². The summed E-state index contributed by atoms with van der Waals surface area (Å²) < 4.78 is 0. The van der Waals surface area contributed by atoms with E-state index in [2.05, 4.69) is 20.6 Å². The van der Waals surface area contributed by atoms with E-state index in [1.165, 1.54) is 0 Å². The Balaban J connectivity index is 1.75. The van der Waals surface area contributed by atoms with Crippen LogP contribution in [0.15, 0.2) is 24.3 Å². The molecule has 0 aliphatic heterocycles. The van der Waals surface area contributed by atoms with Gasteiger partial charge in [-0.05, 0) is 25.0 Å². The first-order chi connectivity index (χ1) is 10.3. The van der Waals surface area contributed by atoms with Crippen LogP contribution in [0.1, 0.15) is 25.7 Å². The molecule has 0 radical (unpaired) electrons. The van der Waals surface area contributed by atoms with Gasteiger partial charge in [-0.2, -0.15) is 4.98 Å². The van der Waals surface area contributed by atoms with Crippen LogP contribution in [-0.4, -0.2) is 29.5 Å². The summed E-state index contributed by atoms with van der Waals surface area (Å²) >= 11 is 0. The number of rotatable bonds is 9. The summed E-state index contributed by atoms with van der Waals surface area (Å²) in [7, 11) is 0. The number of nitrogen functional groups attached to an aromatic ring is 1. The number of para-hydroxylation sites is 1. The zero-order valence-corrected chi connectivity index (χ0v) is 12.0. The minimum absolute atomic E-state index is 0.503. The molecule has 0 saturated heterocycles. The number of hydrogen-bond acceptors (Lipinski definition) is 5. The lowest BCUT2D eigenvalue weighted by molar-refractivity contribution is -0.109. The van der Waals surface area contributed by atoms with Crippen LogP contribution in [0.25, 0.3) is 10.9 Å². The average Bonchev–Trinajstić information content (AvgIpc) is 2.50. The van der Waals surface area contributed by atoms with Crippen molar-refractivity contribution in [3.05, 3.63) is 24.3 Å². The van der Waals surface area contributed by atoms with Crippen molar-refractivity contribution < 1.29 is 4.79 Å². The molecule has 2 rings (SSSR count). The van der Waals surface area contributed by atoms with Crippen LogP contribution in [0.2, 0.25) is 0 Å². The Hall–Kier alpha value is -2.37. The summed E-state index contributed by atoms with van der Waals surface area (Å²) in [5.74, 6) is 1.08. The molecular weight excluding hydrogens is 266 g/mol. The monoisotopic (exact) mass is 287 g/mol. The Bertz CT molecular complexity index is 587. The second-order valence-corrected chi connectivity index (χ2v) is 4.86. The second kappa shape index (κ2) is 8.04. The third-order valence-corrected chi connectivity index (χ3v) is 3.25. The molecule has 0 spiro atoms. The number of benzene rings is 1. The molecule has 2 aromatic rings. The molecule has 21 heavy (non-hydrogen) atoms. The summed E-state index contributed by atoms with van der Waals surface area (Å²) in [5, 5.41) is 6.74. The molecule has 0 atom stereocenters. The topological polar surface area (TPSA) is 92.9 Å². The van der Waals surface area contributed by atoms with Crippen molar-refractivity contribution in [2.45, 2.75) is 25.7 Å². The lowest BCUT2D eigenvalue weighted by atomic mass is 10.2. The maximum atomic E-state index is 10.1. The molecule has 6 heteroatoms. The minimum Gasteiger partial charge on any atom is -0.383 e. The van der Waals surface area contributed by atoms with Gasteiger partial charge < -0.3 is 16.4 Å². The van der Waals surface area contributed by atoms with E-state index < -0.39 is 0 Å². The van der Waals surface area contributed by atoms with Crippen molar-refractivity contribution in [3.63, 3.8) is 0 Å². The first-order valence-electron chi connectivity index (χ1n) is 7.24. The summed E-state index contributed by atoms with van der Waals surface area (Å²) in [6.45, 7) is 1.57. The number of nitrogens with two attached hydrogens (primary N) is 1. The van der Waals surface area contributed by atoms with E-state index in [1.807, 2.05) is 24.3 Å². The standard InChI is InChI=1S/C15H21N5O/c16-14-12-7-3-4-8-13(12)19-15(20-14)18-10-6-2-1-5-9-17-11-21/h3-4,7-8,11H,1-2,5-6,9-10H2,(H,17,21)(H3,16,18,19,20).